The van der Waals surface area contributed by atoms with E-state index in [1.165, 1.54) is 45.4 Å². The Kier molecular flexibility index (Phi) is 12.6. The molecule has 0 aromatic rings. The molecule has 0 aliphatic heterocycles. The van der Waals surface area contributed by atoms with E-state index in [4.69, 9.17) is 5.11 Å². The molecule has 0 aromatic carbocycles. The highest BCUT2D eigenvalue weighted by atomic mass is 16.3. The van der Waals surface area contributed by atoms with Crippen molar-refractivity contribution in [3.05, 3.63) is 12.2 Å². The average molecular weight is 285 g/mol. The predicted molar refractivity (Wildman–Crippen MR) is 82.4 cm³/mol. The first-order chi connectivity index (χ1) is 9.61. The zero-order valence-electron chi connectivity index (χ0n) is 13.0. The Hall–Kier alpha value is -0.870. The molecule has 0 heterocycles. The van der Waals surface area contributed by atoms with Crippen LogP contribution in [0, 0.1) is 0 Å². The van der Waals surface area contributed by atoms with E-state index in [0.717, 1.165) is 12.8 Å². The second-order valence-corrected chi connectivity index (χ2v) is 5.32. The number of nitrogens with one attached hydrogen (secondary N) is 1. The summed E-state index contributed by atoms with van der Waals surface area (Å²) in [5.41, 5.74) is 0. The highest BCUT2D eigenvalue weighted by Crippen LogP contribution is 2.09. The summed E-state index contributed by atoms with van der Waals surface area (Å²) < 4.78 is 0. The Bertz CT molecular complexity index is 266. The number of unbranched alkanes of at least 4 members (excludes halogenated alkanes) is 7. The Morgan fingerprint density at radius 1 is 1.15 bits per heavy atom. The maximum Gasteiger partial charge on any atom is 0.217 e. The summed E-state index contributed by atoms with van der Waals surface area (Å²) in [6.45, 7) is 3.33. The van der Waals surface area contributed by atoms with Gasteiger partial charge in [0, 0.05) is 6.92 Å². The van der Waals surface area contributed by atoms with Gasteiger partial charge < -0.3 is 15.5 Å². The molecule has 0 saturated carbocycles. The van der Waals surface area contributed by atoms with E-state index < -0.39 is 12.1 Å². The molecular weight excluding hydrogens is 254 g/mol. The summed E-state index contributed by atoms with van der Waals surface area (Å²) in [5.74, 6) is -0.247. The predicted octanol–water partition coefficient (Wildman–Crippen LogP) is 2.54. The third kappa shape index (κ3) is 11.0. The maximum atomic E-state index is 10.9. The summed E-state index contributed by atoms with van der Waals surface area (Å²) in [6, 6.07) is -0.613. The number of allylic oxidation sites excluding steroid dienone is 1. The van der Waals surface area contributed by atoms with Crippen LogP contribution >= 0.6 is 0 Å². The van der Waals surface area contributed by atoms with Gasteiger partial charge in [0.15, 0.2) is 0 Å². The van der Waals surface area contributed by atoms with E-state index in [2.05, 4.69) is 12.2 Å². The number of amides is 1. The normalized spacial score (nSPS) is 14.4. The number of rotatable bonds is 12. The molecule has 4 nitrogen and oxygen atoms in total. The molecule has 0 bridgehead atoms. The van der Waals surface area contributed by atoms with Crippen LogP contribution in [0.4, 0.5) is 0 Å². The van der Waals surface area contributed by atoms with E-state index in [1.807, 2.05) is 6.08 Å². The van der Waals surface area contributed by atoms with Crippen molar-refractivity contribution >= 4 is 5.91 Å². The first-order valence-electron chi connectivity index (χ1n) is 7.84. The van der Waals surface area contributed by atoms with Gasteiger partial charge in [-0.2, -0.15) is 0 Å². The summed E-state index contributed by atoms with van der Waals surface area (Å²) >= 11 is 0. The van der Waals surface area contributed by atoms with E-state index in [0.29, 0.717) is 0 Å². The number of hydrogen-bond acceptors (Lipinski definition) is 3. The minimum Gasteiger partial charge on any atom is -0.394 e. The van der Waals surface area contributed by atoms with Crippen molar-refractivity contribution in [3.63, 3.8) is 0 Å². The van der Waals surface area contributed by atoms with E-state index >= 15 is 0 Å². The summed E-state index contributed by atoms with van der Waals surface area (Å²) in [7, 11) is 0. The highest BCUT2D eigenvalue weighted by Gasteiger charge is 2.15. The van der Waals surface area contributed by atoms with Crippen LogP contribution in [0.3, 0.4) is 0 Å². The van der Waals surface area contributed by atoms with Crippen LogP contribution in [0.5, 0.6) is 0 Å². The van der Waals surface area contributed by atoms with Gasteiger partial charge >= 0.3 is 0 Å². The number of aliphatic hydroxyl groups is 2. The molecule has 0 radical (unpaired) electrons. The highest BCUT2D eigenvalue weighted by molar-refractivity contribution is 5.73. The van der Waals surface area contributed by atoms with E-state index in [9.17, 15) is 9.90 Å². The van der Waals surface area contributed by atoms with Crippen LogP contribution in [0.1, 0.15) is 65.2 Å². The number of hydrogen-bond donors (Lipinski definition) is 3. The second-order valence-electron chi connectivity index (χ2n) is 5.32. The standard InChI is InChI=1S/C16H31NO3/c1-3-4-5-6-7-8-9-10-11-12-16(20)15(13-18)17-14(2)19/h11-12,15-16,18,20H,3-10,13H2,1-2H3,(H,17,19)/b12-11+/t15-,16+/m0/s1. The zero-order valence-corrected chi connectivity index (χ0v) is 13.0. The molecule has 1 amide bonds. The van der Waals surface area contributed by atoms with Crippen LogP contribution in [-0.2, 0) is 4.79 Å². The van der Waals surface area contributed by atoms with Crippen molar-refractivity contribution < 1.29 is 15.0 Å². The number of carbonyl (C=O) groups excluding carboxylic acids is 1. The minimum absolute atomic E-state index is 0.247. The van der Waals surface area contributed by atoms with Crippen molar-refractivity contribution in [2.75, 3.05) is 6.61 Å². The molecule has 0 unspecified atom stereocenters. The molecule has 0 saturated heterocycles. The molecule has 0 spiro atoms. The molecule has 0 rings (SSSR count). The van der Waals surface area contributed by atoms with E-state index in [1.54, 1.807) is 6.08 Å². The SMILES string of the molecule is CCCCCCCCC/C=C/[C@@H](O)[C@H](CO)NC(C)=O. The zero-order chi connectivity index (χ0) is 15.2. The lowest BCUT2D eigenvalue weighted by atomic mass is 10.1. The summed E-state index contributed by atoms with van der Waals surface area (Å²) in [4.78, 5) is 10.9. The van der Waals surface area contributed by atoms with Crippen molar-refractivity contribution in [1.29, 1.82) is 0 Å². The molecule has 20 heavy (non-hydrogen) atoms. The fourth-order valence-electron chi connectivity index (χ4n) is 2.09. The maximum absolute atomic E-state index is 10.9. The van der Waals surface area contributed by atoms with Crippen molar-refractivity contribution in [2.45, 2.75) is 77.4 Å². The van der Waals surface area contributed by atoms with E-state index in [-0.39, 0.29) is 12.5 Å². The van der Waals surface area contributed by atoms with Crippen LogP contribution in [0.15, 0.2) is 12.2 Å². The van der Waals surface area contributed by atoms with Crippen molar-refractivity contribution in [1.82, 2.24) is 5.32 Å². The van der Waals surface area contributed by atoms with Gasteiger partial charge in [0.05, 0.1) is 18.8 Å². The molecular formula is C16H31NO3. The first-order valence-corrected chi connectivity index (χ1v) is 7.84. The Balaban J connectivity index is 3.64. The Morgan fingerprint density at radius 3 is 2.30 bits per heavy atom. The van der Waals surface area contributed by atoms with Gasteiger partial charge in [0.25, 0.3) is 0 Å². The van der Waals surface area contributed by atoms with Gasteiger partial charge in [0.1, 0.15) is 0 Å². The second kappa shape index (κ2) is 13.1. The van der Waals surface area contributed by atoms with Gasteiger partial charge in [-0.15, -0.1) is 0 Å². The summed E-state index contributed by atoms with van der Waals surface area (Å²) in [6.07, 6.45) is 12.6. The van der Waals surface area contributed by atoms with Gasteiger partial charge in [-0.1, -0.05) is 57.6 Å². The Labute approximate surface area is 123 Å². The fourth-order valence-corrected chi connectivity index (χ4v) is 2.09. The van der Waals surface area contributed by atoms with Gasteiger partial charge in [0.2, 0.25) is 5.91 Å². The molecule has 118 valence electrons. The van der Waals surface area contributed by atoms with Crippen molar-refractivity contribution in [2.24, 2.45) is 0 Å². The topological polar surface area (TPSA) is 69.6 Å². The smallest absolute Gasteiger partial charge is 0.217 e. The molecule has 4 heteroatoms. The lowest BCUT2D eigenvalue weighted by Gasteiger charge is -2.18. The van der Waals surface area contributed by atoms with Crippen LogP contribution in [0.25, 0.3) is 0 Å². The lowest BCUT2D eigenvalue weighted by Crippen LogP contribution is -2.44. The quantitative estimate of drug-likeness (QED) is 0.381. The lowest BCUT2D eigenvalue weighted by molar-refractivity contribution is -0.120. The third-order valence-corrected chi connectivity index (χ3v) is 3.31. The molecule has 0 aliphatic rings. The van der Waals surface area contributed by atoms with Crippen LogP contribution < -0.4 is 5.32 Å². The molecule has 0 fully saturated rings. The molecule has 0 aliphatic carbocycles. The Morgan fingerprint density at radius 2 is 1.75 bits per heavy atom. The van der Waals surface area contributed by atoms with Gasteiger partial charge in [-0.25, -0.2) is 0 Å². The van der Waals surface area contributed by atoms with Gasteiger partial charge in [-0.3, -0.25) is 4.79 Å². The third-order valence-electron chi connectivity index (χ3n) is 3.31. The minimum atomic E-state index is -0.826. The average Bonchev–Trinajstić information content (AvgIpc) is 2.42. The molecule has 2 atom stereocenters. The number of carbonyl (C=O) groups is 1. The fraction of sp³-hybridized carbons (Fsp3) is 0.812. The van der Waals surface area contributed by atoms with Gasteiger partial charge in [-0.05, 0) is 12.8 Å². The monoisotopic (exact) mass is 285 g/mol. The van der Waals surface area contributed by atoms with Crippen molar-refractivity contribution in [3.8, 4) is 0 Å². The molecule has 0 aromatic heterocycles. The first kappa shape index (κ1) is 19.1. The summed E-state index contributed by atoms with van der Waals surface area (Å²) in [5, 5.41) is 21.4. The largest absolute Gasteiger partial charge is 0.394 e. The molecule has 3 N–H and O–H groups in total. The van der Waals surface area contributed by atoms with Crippen LogP contribution in [0.2, 0.25) is 0 Å². The number of aliphatic hydroxyl groups excluding tert-OH is 2. The van der Waals surface area contributed by atoms with Crippen LogP contribution in [-0.4, -0.2) is 34.9 Å².